The summed E-state index contributed by atoms with van der Waals surface area (Å²) >= 11 is 1.60. The Balaban J connectivity index is 3.52. The van der Waals surface area contributed by atoms with E-state index in [9.17, 15) is 4.79 Å². The van der Waals surface area contributed by atoms with E-state index in [1.54, 1.807) is 23.7 Å². The standard InChI is InChI=1S/C10H19N3OS/c1-9(12)4-7-15-8-10(14)13(2)6-3-5-11/h9H,3-4,6-8,12H2,1-2H3. The van der Waals surface area contributed by atoms with E-state index in [0.717, 1.165) is 12.2 Å². The van der Waals surface area contributed by atoms with Crippen LogP contribution in [-0.2, 0) is 4.79 Å². The Kier molecular flexibility index (Phi) is 8.15. The number of nitrogens with two attached hydrogens (primary N) is 1. The zero-order valence-electron chi connectivity index (χ0n) is 9.40. The number of thioether (sulfide) groups is 1. The summed E-state index contributed by atoms with van der Waals surface area (Å²) in [5.41, 5.74) is 5.59. The molecular formula is C10H19N3OS. The molecule has 0 saturated heterocycles. The summed E-state index contributed by atoms with van der Waals surface area (Å²) in [5.74, 6) is 1.48. The minimum atomic E-state index is 0.0833. The van der Waals surface area contributed by atoms with Crippen molar-refractivity contribution in [3.63, 3.8) is 0 Å². The van der Waals surface area contributed by atoms with Gasteiger partial charge in [0.1, 0.15) is 0 Å². The van der Waals surface area contributed by atoms with Gasteiger partial charge < -0.3 is 10.6 Å². The second-order valence-corrected chi connectivity index (χ2v) is 4.65. The molecule has 0 aromatic rings. The predicted octanol–water partition coefficient (Wildman–Crippen LogP) is 0.829. The van der Waals surface area contributed by atoms with Gasteiger partial charge in [0, 0.05) is 19.6 Å². The number of nitrogens with zero attached hydrogens (tertiary/aromatic N) is 2. The Morgan fingerprint density at radius 2 is 2.33 bits per heavy atom. The van der Waals surface area contributed by atoms with Crippen LogP contribution >= 0.6 is 11.8 Å². The zero-order valence-corrected chi connectivity index (χ0v) is 10.2. The van der Waals surface area contributed by atoms with Crippen molar-refractivity contribution in [2.45, 2.75) is 25.8 Å². The summed E-state index contributed by atoms with van der Waals surface area (Å²) < 4.78 is 0. The first-order valence-electron chi connectivity index (χ1n) is 5.02. The maximum absolute atomic E-state index is 11.5. The predicted molar refractivity (Wildman–Crippen MR) is 63.5 cm³/mol. The molecule has 0 aromatic carbocycles. The van der Waals surface area contributed by atoms with Gasteiger partial charge in [0.25, 0.3) is 0 Å². The van der Waals surface area contributed by atoms with Gasteiger partial charge >= 0.3 is 0 Å². The minimum absolute atomic E-state index is 0.0833. The van der Waals surface area contributed by atoms with Crippen molar-refractivity contribution in [3.05, 3.63) is 0 Å². The first-order valence-corrected chi connectivity index (χ1v) is 6.17. The van der Waals surface area contributed by atoms with Gasteiger partial charge in [0.05, 0.1) is 18.2 Å². The Labute approximate surface area is 95.8 Å². The van der Waals surface area contributed by atoms with Crippen LogP contribution in [-0.4, -0.2) is 41.9 Å². The highest BCUT2D eigenvalue weighted by atomic mass is 32.2. The first-order chi connectivity index (χ1) is 7.07. The lowest BCUT2D eigenvalue weighted by molar-refractivity contribution is -0.127. The molecule has 1 amide bonds. The van der Waals surface area contributed by atoms with E-state index in [0.29, 0.717) is 18.7 Å². The molecule has 0 radical (unpaired) electrons. The molecule has 0 bridgehead atoms. The van der Waals surface area contributed by atoms with Gasteiger partial charge in [0.15, 0.2) is 0 Å². The van der Waals surface area contributed by atoms with Crippen LogP contribution in [0.4, 0.5) is 0 Å². The Morgan fingerprint density at radius 1 is 1.67 bits per heavy atom. The molecule has 0 saturated carbocycles. The maximum Gasteiger partial charge on any atom is 0.232 e. The number of nitriles is 1. The molecule has 15 heavy (non-hydrogen) atoms. The van der Waals surface area contributed by atoms with Gasteiger partial charge in [0.2, 0.25) is 5.91 Å². The molecule has 1 unspecified atom stereocenters. The SMILES string of the molecule is CC(N)CCSCC(=O)N(C)CCC#N. The third-order valence-electron chi connectivity index (χ3n) is 1.93. The van der Waals surface area contributed by atoms with Crippen molar-refractivity contribution >= 4 is 17.7 Å². The molecule has 2 N–H and O–H groups in total. The van der Waals surface area contributed by atoms with Crippen molar-refractivity contribution < 1.29 is 4.79 Å². The lowest BCUT2D eigenvalue weighted by Crippen LogP contribution is -2.29. The summed E-state index contributed by atoms with van der Waals surface area (Å²) in [6.45, 7) is 2.48. The van der Waals surface area contributed by atoms with E-state index in [1.165, 1.54) is 0 Å². The van der Waals surface area contributed by atoms with Crippen molar-refractivity contribution in [3.8, 4) is 6.07 Å². The van der Waals surface area contributed by atoms with Gasteiger partial charge in [-0.25, -0.2) is 0 Å². The van der Waals surface area contributed by atoms with Crippen molar-refractivity contribution in [1.29, 1.82) is 5.26 Å². The average Bonchev–Trinajstić information content (AvgIpc) is 2.20. The second-order valence-electron chi connectivity index (χ2n) is 3.54. The molecule has 0 aliphatic carbocycles. The molecule has 4 nitrogen and oxygen atoms in total. The highest BCUT2D eigenvalue weighted by Crippen LogP contribution is 2.05. The lowest BCUT2D eigenvalue weighted by atomic mass is 10.3. The quantitative estimate of drug-likeness (QED) is 0.656. The van der Waals surface area contributed by atoms with Gasteiger partial charge in [-0.05, 0) is 19.1 Å². The molecule has 0 aliphatic heterocycles. The van der Waals surface area contributed by atoms with Crippen LogP contribution in [0.3, 0.4) is 0 Å². The highest BCUT2D eigenvalue weighted by molar-refractivity contribution is 7.99. The normalized spacial score (nSPS) is 11.9. The molecular weight excluding hydrogens is 210 g/mol. The zero-order chi connectivity index (χ0) is 11.7. The van der Waals surface area contributed by atoms with Crippen LogP contribution in [0.25, 0.3) is 0 Å². The molecule has 0 rings (SSSR count). The summed E-state index contributed by atoms with van der Waals surface area (Å²) in [5, 5.41) is 8.37. The summed E-state index contributed by atoms with van der Waals surface area (Å²) in [7, 11) is 1.73. The van der Waals surface area contributed by atoms with Crippen molar-refractivity contribution in [2.75, 3.05) is 25.1 Å². The topological polar surface area (TPSA) is 70.1 Å². The number of amides is 1. The lowest BCUT2D eigenvalue weighted by Gasteiger charge is -2.15. The number of carbonyl (C=O) groups excluding carboxylic acids is 1. The van der Waals surface area contributed by atoms with Crippen molar-refractivity contribution in [1.82, 2.24) is 4.90 Å². The van der Waals surface area contributed by atoms with Crippen LogP contribution in [0, 0.1) is 11.3 Å². The highest BCUT2D eigenvalue weighted by Gasteiger charge is 2.07. The van der Waals surface area contributed by atoms with Crippen LogP contribution in [0.15, 0.2) is 0 Å². The van der Waals surface area contributed by atoms with E-state index in [-0.39, 0.29) is 11.9 Å². The fourth-order valence-electron chi connectivity index (χ4n) is 0.881. The van der Waals surface area contributed by atoms with E-state index < -0.39 is 0 Å². The van der Waals surface area contributed by atoms with Crippen LogP contribution < -0.4 is 5.73 Å². The third-order valence-corrected chi connectivity index (χ3v) is 2.90. The monoisotopic (exact) mass is 229 g/mol. The van der Waals surface area contributed by atoms with Gasteiger partial charge in [-0.3, -0.25) is 4.79 Å². The molecule has 0 spiro atoms. The van der Waals surface area contributed by atoms with Gasteiger partial charge in [-0.15, -0.1) is 0 Å². The Bertz CT molecular complexity index is 225. The number of hydrogen-bond donors (Lipinski definition) is 1. The van der Waals surface area contributed by atoms with E-state index in [2.05, 4.69) is 0 Å². The molecule has 0 aromatic heterocycles. The van der Waals surface area contributed by atoms with Crippen molar-refractivity contribution in [2.24, 2.45) is 5.73 Å². The van der Waals surface area contributed by atoms with Crippen LogP contribution in [0.5, 0.6) is 0 Å². The number of carbonyl (C=O) groups is 1. The summed E-state index contributed by atoms with van der Waals surface area (Å²) in [6.07, 6.45) is 1.33. The van der Waals surface area contributed by atoms with E-state index >= 15 is 0 Å². The molecule has 0 heterocycles. The van der Waals surface area contributed by atoms with Gasteiger partial charge in [-0.1, -0.05) is 0 Å². The molecule has 0 fully saturated rings. The average molecular weight is 229 g/mol. The summed E-state index contributed by atoms with van der Waals surface area (Å²) in [6, 6.07) is 2.22. The second kappa shape index (κ2) is 8.57. The third kappa shape index (κ3) is 8.28. The maximum atomic E-state index is 11.5. The minimum Gasteiger partial charge on any atom is -0.344 e. The molecule has 5 heteroatoms. The Morgan fingerprint density at radius 3 is 2.87 bits per heavy atom. The summed E-state index contributed by atoms with van der Waals surface area (Å²) in [4.78, 5) is 13.1. The van der Waals surface area contributed by atoms with E-state index in [1.807, 2.05) is 13.0 Å². The fourth-order valence-corrected chi connectivity index (χ4v) is 1.96. The largest absolute Gasteiger partial charge is 0.344 e. The fraction of sp³-hybridized carbons (Fsp3) is 0.800. The van der Waals surface area contributed by atoms with E-state index in [4.69, 9.17) is 11.0 Å². The van der Waals surface area contributed by atoms with Crippen LogP contribution in [0.2, 0.25) is 0 Å². The molecule has 1 atom stereocenters. The number of hydrogen-bond acceptors (Lipinski definition) is 4. The molecule has 86 valence electrons. The molecule has 0 aliphatic rings. The van der Waals surface area contributed by atoms with Gasteiger partial charge in [-0.2, -0.15) is 17.0 Å². The number of rotatable bonds is 7. The van der Waals surface area contributed by atoms with Crippen LogP contribution in [0.1, 0.15) is 19.8 Å². The Hall–Kier alpha value is -0.730. The first kappa shape index (κ1) is 14.3. The smallest absolute Gasteiger partial charge is 0.232 e.